The van der Waals surface area contributed by atoms with Crippen LogP contribution >= 0.6 is 11.3 Å². The molecule has 7 heteroatoms. The van der Waals surface area contributed by atoms with Gasteiger partial charge in [-0.05, 0) is 12.1 Å². The first kappa shape index (κ1) is 11.6. The van der Waals surface area contributed by atoms with Crippen LogP contribution in [-0.2, 0) is 0 Å². The summed E-state index contributed by atoms with van der Waals surface area (Å²) < 4.78 is 26.1. The first-order valence-electron chi connectivity index (χ1n) is 4.54. The molecule has 3 N–H and O–H groups in total. The summed E-state index contributed by atoms with van der Waals surface area (Å²) >= 11 is 0.973. The number of nitrogens with zero attached hydrogens (tertiary/aromatic N) is 1. The fraction of sp³-hybridized carbons (Fsp3) is 0. The maximum Gasteiger partial charge on any atom is 0.276 e. The van der Waals surface area contributed by atoms with Gasteiger partial charge in [0.1, 0.15) is 21.5 Å². The summed E-state index contributed by atoms with van der Waals surface area (Å²) in [5, 5.41) is 0.293. The largest absolute Gasteiger partial charge is 0.289 e. The lowest BCUT2D eigenvalue weighted by Gasteiger charge is -1.98. The third-order valence-corrected chi connectivity index (χ3v) is 3.05. The van der Waals surface area contributed by atoms with Crippen molar-refractivity contribution in [3.63, 3.8) is 0 Å². The highest BCUT2D eigenvalue weighted by molar-refractivity contribution is 7.16. The lowest BCUT2D eigenvalue weighted by Crippen LogP contribution is -2.29. The molecule has 0 aliphatic rings. The predicted octanol–water partition coefficient (Wildman–Crippen LogP) is 1.69. The number of nitrogen functional groups attached to an aromatic ring is 1. The van der Waals surface area contributed by atoms with E-state index >= 15 is 0 Å². The zero-order chi connectivity index (χ0) is 12.4. The molecular formula is C10H7F2N3OS. The van der Waals surface area contributed by atoms with Gasteiger partial charge in [0.15, 0.2) is 0 Å². The molecule has 4 nitrogen and oxygen atoms in total. The molecule has 1 aromatic carbocycles. The highest BCUT2D eigenvalue weighted by Gasteiger charge is 2.13. The summed E-state index contributed by atoms with van der Waals surface area (Å²) in [5.74, 6) is 3.07. The van der Waals surface area contributed by atoms with E-state index in [-0.39, 0.29) is 10.4 Å². The second-order valence-electron chi connectivity index (χ2n) is 3.13. The second-order valence-corrected chi connectivity index (χ2v) is 4.16. The van der Waals surface area contributed by atoms with Gasteiger partial charge in [-0.1, -0.05) is 0 Å². The molecule has 2 rings (SSSR count). The number of halogens is 2. The molecule has 0 fully saturated rings. The van der Waals surface area contributed by atoms with Gasteiger partial charge in [-0.25, -0.2) is 19.6 Å². The van der Waals surface area contributed by atoms with Crippen LogP contribution in [0.3, 0.4) is 0 Å². The van der Waals surface area contributed by atoms with Crippen molar-refractivity contribution in [2.75, 3.05) is 0 Å². The molecule has 88 valence electrons. The average Bonchev–Trinajstić information content (AvgIpc) is 2.77. The minimum absolute atomic E-state index is 0.146. The average molecular weight is 255 g/mol. The summed E-state index contributed by atoms with van der Waals surface area (Å²) in [6.45, 7) is 0. The number of carbonyl (C=O) groups excluding carboxylic acids is 1. The molecule has 0 unspecified atom stereocenters. The first-order chi connectivity index (χ1) is 8.11. The van der Waals surface area contributed by atoms with E-state index in [0.29, 0.717) is 5.01 Å². The maximum absolute atomic E-state index is 13.4. The molecule has 0 atom stereocenters. The molecule has 1 amide bonds. The molecule has 0 saturated heterocycles. The lowest BCUT2D eigenvalue weighted by molar-refractivity contribution is 0.0957. The maximum atomic E-state index is 13.4. The van der Waals surface area contributed by atoms with E-state index in [9.17, 15) is 13.6 Å². The van der Waals surface area contributed by atoms with Crippen molar-refractivity contribution in [1.29, 1.82) is 0 Å². The van der Waals surface area contributed by atoms with Crippen LogP contribution < -0.4 is 11.3 Å². The van der Waals surface area contributed by atoms with Crippen molar-refractivity contribution in [3.8, 4) is 10.6 Å². The number of carbonyl (C=O) groups is 1. The van der Waals surface area contributed by atoms with Gasteiger partial charge >= 0.3 is 0 Å². The van der Waals surface area contributed by atoms with Crippen molar-refractivity contribution >= 4 is 17.2 Å². The number of thiazole rings is 1. The highest BCUT2D eigenvalue weighted by atomic mass is 32.1. The molecule has 17 heavy (non-hydrogen) atoms. The minimum atomic E-state index is -0.723. The van der Waals surface area contributed by atoms with Crippen molar-refractivity contribution in [2.45, 2.75) is 0 Å². The predicted molar refractivity (Wildman–Crippen MR) is 59.1 cm³/mol. The van der Waals surface area contributed by atoms with E-state index in [4.69, 9.17) is 5.84 Å². The normalized spacial score (nSPS) is 10.3. The zero-order valence-corrected chi connectivity index (χ0v) is 9.22. The number of benzene rings is 1. The summed E-state index contributed by atoms with van der Waals surface area (Å²) in [6, 6.07) is 3.16. The zero-order valence-electron chi connectivity index (χ0n) is 8.41. The Balaban J connectivity index is 2.40. The van der Waals surface area contributed by atoms with Crippen LogP contribution in [0.1, 0.15) is 9.67 Å². The number of hydrogen-bond donors (Lipinski definition) is 2. The Morgan fingerprint density at radius 1 is 1.41 bits per heavy atom. The molecule has 0 radical (unpaired) electrons. The van der Waals surface area contributed by atoms with E-state index in [1.54, 1.807) is 0 Å². The van der Waals surface area contributed by atoms with E-state index < -0.39 is 17.5 Å². The van der Waals surface area contributed by atoms with Gasteiger partial charge in [-0.3, -0.25) is 10.2 Å². The number of amides is 1. The Morgan fingerprint density at radius 3 is 2.82 bits per heavy atom. The summed E-state index contributed by atoms with van der Waals surface area (Å²) in [6.07, 6.45) is 1.28. The molecule has 2 aromatic rings. The van der Waals surface area contributed by atoms with Crippen molar-refractivity contribution in [3.05, 3.63) is 40.9 Å². The standard InChI is InChI=1S/C10H7F2N3OS/c11-5-1-2-6(7(12)3-5)10-14-4-8(17-10)9(16)15-13/h1-4H,13H2,(H,15,16). The van der Waals surface area contributed by atoms with E-state index in [1.165, 1.54) is 12.3 Å². The number of hydrazine groups is 1. The smallest absolute Gasteiger partial charge is 0.276 e. The Kier molecular flexibility index (Phi) is 3.12. The Bertz CT molecular complexity index is 570. The summed E-state index contributed by atoms with van der Waals surface area (Å²) in [5.41, 5.74) is 2.09. The van der Waals surface area contributed by atoms with Crippen LogP contribution in [0.25, 0.3) is 10.6 Å². The summed E-state index contributed by atoms with van der Waals surface area (Å²) in [4.78, 5) is 15.3. The van der Waals surface area contributed by atoms with Crippen LogP contribution in [0, 0.1) is 11.6 Å². The van der Waals surface area contributed by atoms with Gasteiger partial charge in [0.25, 0.3) is 5.91 Å². The number of aromatic nitrogens is 1. The van der Waals surface area contributed by atoms with E-state index in [1.807, 2.05) is 5.43 Å². The van der Waals surface area contributed by atoms with Gasteiger partial charge in [0.2, 0.25) is 0 Å². The second kappa shape index (κ2) is 4.56. The Morgan fingerprint density at radius 2 is 2.18 bits per heavy atom. The van der Waals surface area contributed by atoms with Gasteiger partial charge in [-0.15, -0.1) is 11.3 Å². The van der Waals surface area contributed by atoms with Gasteiger partial charge in [0.05, 0.1) is 6.20 Å². The SMILES string of the molecule is NNC(=O)c1cnc(-c2ccc(F)cc2F)s1. The van der Waals surface area contributed by atoms with Crippen LogP contribution in [0.15, 0.2) is 24.4 Å². The fourth-order valence-electron chi connectivity index (χ4n) is 1.24. The molecule has 0 aliphatic carbocycles. The van der Waals surface area contributed by atoms with Gasteiger partial charge in [-0.2, -0.15) is 0 Å². The number of hydrogen-bond acceptors (Lipinski definition) is 4. The highest BCUT2D eigenvalue weighted by Crippen LogP contribution is 2.27. The Hall–Kier alpha value is -1.86. The first-order valence-corrected chi connectivity index (χ1v) is 5.35. The minimum Gasteiger partial charge on any atom is -0.289 e. The number of nitrogens with one attached hydrogen (secondary N) is 1. The van der Waals surface area contributed by atoms with E-state index in [2.05, 4.69) is 4.98 Å². The van der Waals surface area contributed by atoms with Crippen LogP contribution in [0.5, 0.6) is 0 Å². The molecule has 0 bridgehead atoms. The third-order valence-electron chi connectivity index (χ3n) is 2.02. The van der Waals surface area contributed by atoms with E-state index in [0.717, 1.165) is 23.5 Å². The monoisotopic (exact) mass is 255 g/mol. The van der Waals surface area contributed by atoms with Crippen LogP contribution in [0.2, 0.25) is 0 Å². The Labute approximate surface area is 99.1 Å². The van der Waals surface area contributed by atoms with Crippen LogP contribution in [-0.4, -0.2) is 10.9 Å². The molecular weight excluding hydrogens is 248 g/mol. The van der Waals surface area contributed by atoms with Crippen molar-refractivity contribution in [1.82, 2.24) is 10.4 Å². The molecule has 1 aromatic heterocycles. The van der Waals surface area contributed by atoms with Gasteiger partial charge < -0.3 is 0 Å². The number of nitrogens with two attached hydrogens (primary N) is 1. The summed E-state index contributed by atoms with van der Waals surface area (Å²) in [7, 11) is 0. The fourth-order valence-corrected chi connectivity index (χ4v) is 2.08. The quantitative estimate of drug-likeness (QED) is 0.487. The molecule has 0 aliphatic heterocycles. The molecule has 0 spiro atoms. The van der Waals surface area contributed by atoms with Crippen LogP contribution in [0.4, 0.5) is 8.78 Å². The third kappa shape index (κ3) is 2.29. The lowest BCUT2D eigenvalue weighted by atomic mass is 10.2. The topological polar surface area (TPSA) is 68.0 Å². The van der Waals surface area contributed by atoms with Gasteiger partial charge in [0, 0.05) is 11.6 Å². The van der Waals surface area contributed by atoms with Crippen molar-refractivity contribution < 1.29 is 13.6 Å². The molecule has 0 saturated carbocycles. The number of rotatable bonds is 2. The van der Waals surface area contributed by atoms with Crippen molar-refractivity contribution in [2.24, 2.45) is 5.84 Å². The molecule has 1 heterocycles.